The Bertz CT molecular complexity index is 1020. The van der Waals surface area contributed by atoms with E-state index in [1.807, 2.05) is 0 Å². The van der Waals surface area contributed by atoms with Crippen LogP contribution in [0.4, 0.5) is 0 Å². The zero-order valence-electron chi connectivity index (χ0n) is 16.9. The molecule has 2 aromatic carbocycles. The highest BCUT2D eigenvalue weighted by Gasteiger charge is 2.22. The van der Waals surface area contributed by atoms with Crippen LogP contribution >= 0.6 is 0 Å². The lowest BCUT2D eigenvalue weighted by Gasteiger charge is -2.16. The molecule has 0 amide bonds. The molecule has 0 heterocycles. The number of hydrogen-bond donors (Lipinski definition) is 0. The lowest BCUT2D eigenvalue weighted by molar-refractivity contribution is 1.15. The quantitative estimate of drug-likeness (QED) is 0.545. The minimum absolute atomic E-state index is 0.934. The van der Waals surface area contributed by atoms with Gasteiger partial charge in [-0.2, -0.15) is 0 Å². The van der Waals surface area contributed by atoms with Gasteiger partial charge in [0.1, 0.15) is 0 Å². The highest BCUT2D eigenvalue weighted by atomic mass is 14.3. The fourth-order valence-corrected chi connectivity index (χ4v) is 4.78. The minimum atomic E-state index is 0.934. The second-order valence-corrected chi connectivity index (χ2v) is 8.13. The van der Waals surface area contributed by atoms with Crippen molar-refractivity contribution in [3.8, 4) is 0 Å². The molecule has 2 aliphatic carbocycles. The fourth-order valence-electron chi connectivity index (χ4n) is 4.78. The second-order valence-electron chi connectivity index (χ2n) is 8.13. The summed E-state index contributed by atoms with van der Waals surface area (Å²) >= 11 is 0. The van der Waals surface area contributed by atoms with E-state index in [1.165, 1.54) is 61.2 Å². The smallest absolute Gasteiger partial charge is 0.00135 e. The summed E-state index contributed by atoms with van der Waals surface area (Å²) in [7, 11) is 0. The molecule has 0 fully saturated rings. The Hall–Kier alpha value is -2.60. The van der Waals surface area contributed by atoms with Gasteiger partial charge in [0.25, 0.3) is 0 Å². The molecule has 2 aliphatic rings. The second kappa shape index (κ2) is 6.85. The van der Waals surface area contributed by atoms with Crippen molar-refractivity contribution in [3.05, 3.63) is 105 Å². The first kappa shape index (κ1) is 17.8. The predicted octanol–water partition coefficient (Wildman–Crippen LogP) is 7.22. The minimum Gasteiger partial charge on any atom is -0.0949 e. The van der Waals surface area contributed by atoms with E-state index in [9.17, 15) is 0 Å². The Morgan fingerprint density at radius 1 is 0.963 bits per heavy atom. The van der Waals surface area contributed by atoms with E-state index in [4.69, 9.17) is 0 Å². The largest absolute Gasteiger partial charge is 0.0949 e. The summed E-state index contributed by atoms with van der Waals surface area (Å²) in [6.45, 7) is 13.3. The molecule has 0 N–H and O–H groups in total. The number of fused-ring (bicyclic) bond motifs is 1. The highest BCUT2D eigenvalue weighted by Crippen LogP contribution is 2.40. The third kappa shape index (κ3) is 3.25. The number of aryl methyl sites for hydroxylation is 4. The maximum Gasteiger partial charge on any atom is -0.00135 e. The van der Waals surface area contributed by atoms with Crippen molar-refractivity contribution in [1.29, 1.82) is 0 Å². The van der Waals surface area contributed by atoms with Gasteiger partial charge in [-0.1, -0.05) is 60.7 Å². The van der Waals surface area contributed by atoms with Crippen molar-refractivity contribution in [2.24, 2.45) is 0 Å². The molecule has 0 unspecified atom stereocenters. The van der Waals surface area contributed by atoms with Crippen LogP contribution in [0.25, 0.3) is 11.6 Å². The lowest BCUT2D eigenvalue weighted by Crippen LogP contribution is -1.97. The molecular formula is C27H28. The molecule has 0 spiro atoms. The first-order valence-corrected chi connectivity index (χ1v) is 9.89. The van der Waals surface area contributed by atoms with Crippen molar-refractivity contribution in [2.45, 2.75) is 47.0 Å². The van der Waals surface area contributed by atoms with E-state index in [1.54, 1.807) is 0 Å². The van der Waals surface area contributed by atoms with Gasteiger partial charge in [0.05, 0.1) is 0 Å². The van der Waals surface area contributed by atoms with Crippen molar-refractivity contribution in [3.63, 3.8) is 0 Å². The molecule has 0 radical (unpaired) electrons. The Morgan fingerprint density at radius 3 is 2.44 bits per heavy atom. The predicted molar refractivity (Wildman–Crippen MR) is 118 cm³/mol. The number of benzene rings is 2. The standard InChI is InChI=1S/C27H28/c1-17-12-20(4)26-16-24(15-23(26)13-17)25-11-7-10-22(25)14-21(5)27-18(2)8-6-9-19(27)3/h6,8-13,16H,5,7,14-15H2,1-4H3. The van der Waals surface area contributed by atoms with Crippen LogP contribution in [0.15, 0.2) is 65.8 Å². The summed E-state index contributed by atoms with van der Waals surface area (Å²) in [6.07, 6.45) is 10.2. The Kier molecular flexibility index (Phi) is 4.52. The molecule has 0 nitrogen and oxygen atoms in total. The Labute approximate surface area is 163 Å². The molecule has 0 atom stereocenters. The molecule has 136 valence electrons. The van der Waals surface area contributed by atoms with Crippen LogP contribution in [-0.2, 0) is 6.42 Å². The molecule has 0 aromatic heterocycles. The average Bonchev–Trinajstić information content (AvgIpc) is 3.21. The topological polar surface area (TPSA) is 0 Å². The summed E-state index contributed by atoms with van der Waals surface area (Å²) < 4.78 is 0. The molecule has 0 aliphatic heterocycles. The van der Waals surface area contributed by atoms with E-state index in [0.717, 1.165) is 19.3 Å². The van der Waals surface area contributed by atoms with E-state index in [-0.39, 0.29) is 0 Å². The molecule has 2 aromatic rings. The molecule has 0 saturated carbocycles. The van der Waals surface area contributed by atoms with Gasteiger partial charge in [0, 0.05) is 0 Å². The SMILES string of the molecule is C=C(CC1=CCC=C1C1=Cc2c(C)cc(C)cc2C1)c1c(C)cccc1C. The van der Waals surface area contributed by atoms with Crippen LogP contribution in [0.1, 0.15) is 51.8 Å². The molecule has 0 saturated heterocycles. The van der Waals surface area contributed by atoms with Gasteiger partial charge in [-0.15, -0.1) is 0 Å². The molecule has 0 heteroatoms. The van der Waals surface area contributed by atoms with Gasteiger partial charge in [0.2, 0.25) is 0 Å². The van der Waals surface area contributed by atoms with Gasteiger partial charge >= 0.3 is 0 Å². The molecule has 4 rings (SSSR count). The third-order valence-corrected chi connectivity index (χ3v) is 5.93. The van der Waals surface area contributed by atoms with Crippen LogP contribution in [0, 0.1) is 27.7 Å². The van der Waals surface area contributed by atoms with Crippen molar-refractivity contribution in [1.82, 2.24) is 0 Å². The van der Waals surface area contributed by atoms with E-state index in [0.29, 0.717) is 0 Å². The monoisotopic (exact) mass is 352 g/mol. The molecular weight excluding hydrogens is 324 g/mol. The number of hydrogen-bond acceptors (Lipinski definition) is 0. The van der Waals surface area contributed by atoms with Crippen LogP contribution < -0.4 is 0 Å². The summed E-state index contributed by atoms with van der Waals surface area (Å²) in [6, 6.07) is 11.1. The third-order valence-electron chi connectivity index (χ3n) is 5.93. The maximum absolute atomic E-state index is 4.45. The first-order valence-electron chi connectivity index (χ1n) is 9.89. The number of allylic oxidation sites excluding steroid dienone is 6. The van der Waals surface area contributed by atoms with Gasteiger partial charge in [0.15, 0.2) is 0 Å². The summed E-state index contributed by atoms with van der Waals surface area (Å²) in [5.41, 5.74) is 15.2. The summed E-state index contributed by atoms with van der Waals surface area (Å²) in [4.78, 5) is 0. The highest BCUT2D eigenvalue weighted by molar-refractivity contribution is 5.77. The van der Waals surface area contributed by atoms with Gasteiger partial charge in [-0.05, 0) is 103 Å². The molecule has 0 bridgehead atoms. The summed E-state index contributed by atoms with van der Waals surface area (Å²) in [5, 5.41) is 0. The van der Waals surface area contributed by atoms with Crippen molar-refractivity contribution < 1.29 is 0 Å². The Morgan fingerprint density at radius 2 is 1.70 bits per heavy atom. The van der Waals surface area contributed by atoms with Gasteiger partial charge < -0.3 is 0 Å². The Balaban J connectivity index is 1.58. The zero-order chi connectivity index (χ0) is 19.1. The van der Waals surface area contributed by atoms with Gasteiger partial charge in [-0.3, -0.25) is 0 Å². The van der Waals surface area contributed by atoms with Crippen LogP contribution in [0.2, 0.25) is 0 Å². The lowest BCUT2D eigenvalue weighted by atomic mass is 9.89. The van der Waals surface area contributed by atoms with E-state index < -0.39 is 0 Å². The van der Waals surface area contributed by atoms with Crippen molar-refractivity contribution in [2.75, 3.05) is 0 Å². The normalized spacial score (nSPS) is 15.3. The fraction of sp³-hybridized carbons (Fsp3) is 0.259. The van der Waals surface area contributed by atoms with Crippen LogP contribution in [0.5, 0.6) is 0 Å². The maximum atomic E-state index is 4.45. The van der Waals surface area contributed by atoms with Crippen molar-refractivity contribution >= 4 is 11.6 Å². The summed E-state index contributed by atoms with van der Waals surface area (Å²) in [5.74, 6) is 0. The number of rotatable bonds is 4. The van der Waals surface area contributed by atoms with Gasteiger partial charge in [-0.25, -0.2) is 0 Å². The first-order chi connectivity index (χ1) is 12.9. The molecule has 27 heavy (non-hydrogen) atoms. The van der Waals surface area contributed by atoms with E-state index in [2.05, 4.69) is 82.8 Å². The van der Waals surface area contributed by atoms with E-state index >= 15 is 0 Å². The van der Waals surface area contributed by atoms with Crippen LogP contribution in [0.3, 0.4) is 0 Å². The van der Waals surface area contributed by atoms with Crippen LogP contribution in [-0.4, -0.2) is 0 Å². The zero-order valence-corrected chi connectivity index (χ0v) is 16.9. The average molecular weight is 353 g/mol.